The normalized spacial score (nSPS) is 17.9. The van der Waals surface area contributed by atoms with Crippen LogP contribution in [-0.2, 0) is 4.79 Å². The van der Waals surface area contributed by atoms with Gasteiger partial charge < -0.3 is 0 Å². The summed E-state index contributed by atoms with van der Waals surface area (Å²) in [7, 11) is 0. The van der Waals surface area contributed by atoms with Gasteiger partial charge in [0.1, 0.15) is 5.78 Å². The fourth-order valence-corrected chi connectivity index (χ4v) is 2.41. The Hall–Kier alpha value is -1.59. The number of Topliss-reactive ketones (excluding diaryl/α,β-unsaturated/α-hetero) is 1. The highest BCUT2D eigenvalue weighted by Crippen LogP contribution is 2.15. The van der Waals surface area contributed by atoms with E-state index in [1.165, 1.54) is 0 Å². The third-order valence-corrected chi connectivity index (χ3v) is 3.52. The lowest BCUT2D eigenvalue weighted by Gasteiger charge is -2.33. The molecule has 2 heteroatoms. The van der Waals surface area contributed by atoms with Crippen LogP contribution < -0.4 is 0 Å². The van der Waals surface area contributed by atoms with Crippen LogP contribution >= 0.6 is 0 Å². The zero-order valence-corrected chi connectivity index (χ0v) is 11.7. The molecule has 0 aliphatic carbocycles. The zero-order valence-electron chi connectivity index (χ0n) is 11.7. The van der Waals surface area contributed by atoms with E-state index in [0.29, 0.717) is 24.5 Å². The number of carbonyl (C=O) groups excluding carboxylic acids is 1. The zero-order chi connectivity index (χ0) is 13.7. The lowest BCUT2D eigenvalue weighted by Crippen LogP contribution is -2.43. The van der Waals surface area contributed by atoms with Gasteiger partial charge in [-0.15, -0.1) is 0 Å². The number of carbonyl (C=O) groups is 1. The fraction of sp³-hybridized carbons (Fsp3) is 0.471. The number of piperidine rings is 1. The van der Waals surface area contributed by atoms with Gasteiger partial charge in [-0.3, -0.25) is 9.69 Å². The number of nitrogens with zero attached hydrogens (tertiary/aromatic N) is 1. The van der Waals surface area contributed by atoms with E-state index in [1.807, 2.05) is 30.3 Å². The summed E-state index contributed by atoms with van der Waals surface area (Å²) in [6, 6.07) is 10.3. The summed E-state index contributed by atoms with van der Waals surface area (Å²) in [4.78, 5) is 13.7. The largest absolute Gasteiger partial charge is 0.300 e. The summed E-state index contributed by atoms with van der Waals surface area (Å²) < 4.78 is 0. The summed E-state index contributed by atoms with van der Waals surface area (Å²) >= 11 is 0. The molecule has 1 aliphatic rings. The first kappa shape index (κ1) is 13.8. The van der Waals surface area contributed by atoms with Crippen LogP contribution in [0.1, 0.15) is 32.3 Å². The summed E-state index contributed by atoms with van der Waals surface area (Å²) in [5.41, 5.74) is 1.06. The number of hydrogen-bond acceptors (Lipinski definition) is 2. The maximum atomic E-state index is 11.3. The highest BCUT2D eigenvalue weighted by Gasteiger charge is 2.24. The predicted molar refractivity (Wildman–Crippen MR) is 77.8 cm³/mol. The second-order valence-electron chi connectivity index (χ2n) is 5.40. The standard InChI is InChI=1S/C17H21NO/c1-14(2)17(18-12-10-16(19)11-13-18)9-8-15-6-4-3-5-7-15/h3-7,14,17H,10-13H2,1-2H3. The summed E-state index contributed by atoms with van der Waals surface area (Å²) in [6.07, 6.45) is 1.35. The lowest BCUT2D eigenvalue weighted by atomic mass is 9.99. The molecule has 2 rings (SSSR count). The SMILES string of the molecule is CC(C)C(C#Cc1ccccc1)N1CCC(=O)CC1. The maximum Gasteiger partial charge on any atom is 0.135 e. The monoisotopic (exact) mass is 255 g/mol. The van der Waals surface area contributed by atoms with E-state index < -0.39 is 0 Å². The second kappa shape index (κ2) is 6.54. The summed E-state index contributed by atoms with van der Waals surface area (Å²) in [6.45, 7) is 6.10. The van der Waals surface area contributed by atoms with Crippen LogP contribution in [0.2, 0.25) is 0 Å². The number of rotatable bonds is 2. The Bertz CT molecular complexity index is 471. The van der Waals surface area contributed by atoms with E-state index in [-0.39, 0.29) is 6.04 Å². The van der Waals surface area contributed by atoms with Gasteiger partial charge >= 0.3 is 0 Å². The molecule has 1 fully saturated rings. The Morgan fingerprint density at radius 1 is 1.11 bits per heavy atom. The van der Waals surface area contributed by atoms with Crippen LogP contribution in [0, 0.1) is 17.8 Å². The van der Waals surface area contributed by atoms with Crippen molar-refractivity contribution in [2.75, 3.05) is 13.1 Å². The van der Waals surface area contributed by atoms with Gasteiger partial charge in [0.05, 0.1) is 6.04 Å². The van der Waals surface area contributed by atoms with Crippen LogP contribution in [0.25, 0.3) is 0 Å². The predicted octanol–water partition coefficient (Wildman–Crippen LogP) is 2.73. The molecule has 1 aromatic carbocycles. The van der Waals surface area contributed by atoms with E-state index in [9.17, 15) is 4.79 Å². The van der Waals surface area contributed by atoms with Crippen molar-refractivity contribution in [2.24, 2.45) is 5.92 Å². The Morgan fingerprint density at radius 3 is 2.32 bits per heavy atom. The van der Waals surface area contributed by atoms with Crippen molar-refractivity contribution in [2.45, 2.75) is 32.7 Å². The topological polar surface area (TPSA) is 20.3 Å². The number of benzene rings is 1. The molecule has 0 aromatic heterocycles. The Morgan fingerprint density at radius 2 is 1.74 bits per heavy atom. The summed E-state index contributed by atoms with van der Waals surface area (Å²) in [5.74, 6) is 7.50. The van der Waals surface area contributed by atoms with Crippen LogP contribution in [0.5, 0.6) is 0 Å². The van der Waals surface area contributed by atoms with Crippen LogP contribution in [0.3, 0.4) is 0 Å². The Labute approximate surface area is 115 Å². The average Bonchev–Trinajstić information content (AvgIpc) is 2.42. The van der Waals surface area contributed by atoms with Gasteiger partial charge in [-0.1, -0.05) is 43.9 Å². The minimum Gasteiger partial charge on any atom is -0.300 e. The third-order valence-electron chi connectivity index (χ3n) is 3.52. The first-order valence-corrected chi connectivity index (χ1v) is 6.99. The van der Waals surface area contributed by atoms with Crippen LogP contribution in [0.15, 0.2) is 30.3 Å². The minimum atomic E-state index is 0.244. The molecular weight excluding hydrogens is 234 g/mol. The molecule has 2 nitrogen and oxygen atoms in total. The Kier molecular flexibility index (Phi) is 4.76. The van der Waals surface area contributed by atoms with Crippen molar-refractivity contribution >= 4 is 5.78 Å². The molecule has 0 spiro atoms. The molecule has 100 valence electrons. The number of likely N-dealkylation sites (tertiary alicyclic amines) is 1. The smallest absolute Gasteiger partial charge is 0.135 e. The van der Waals surface area contributed by atoms with Gasteiger partial charge in [0.25, 0.3) is 0 Å². The first-order chi connectivity index (χ1) is 9.16. The lowest BCUT2D eigenvalue weighted by molar-refractivity contribution is -0.121. The molecule has 0 amide bonds. The summed E-state index contributed by atoms with van der Waals surface area (Å²) in [5, 5.41) is 0. The molecule has 0 saturated carbocycles. The number of hydrogen-bond donors (Lipinski definition) is 0. The molecule has 1 heterocycles. The fourth-order valence-electron chi connectivity index (χ4n) is 2.41. The van der Waals surface area contributed by atoms with Gasteiger partial charge in [0.15, 0.2) is 0 Å². The van der Waals surface area contributed by atoms with Crippen molar-refractivity contribution in [1.29, 1.82) is 0 Å². The molecular formula is C17H21NO. The molecule has 1 aromatic rings. The quantitative estimate of drug-likeness (QED) is 0.757. The van der Waals surface area contributed by atoms with E-state index >= 15 is 0 Å². The van der Waals surface area contributed by atoms with Gasteiger partial charge in [0.2, 0.25) is 0 Å². The Balaban J connectivity index is 2.09. The van der Waals surface area contributed by atoms with E-state index in [4.69, 9.17) is 0 Å². The van der Waals surface area contributed by atoms with Crippen LogP contribution in [-0.4, -0.2) is 29.8 Å². The van der Waals surface area contributed by atoms with Gasteiger partial charge in [0, 0.05) is 31.5 Å². The molecule has 1 unspecified atom stereocenters. The molecule has 1 atom stereocenters. The first-order valence-electron chi connectivity index (χ1n) is 6.99. The van der Waals surface area contributed by atoms with Crippen molar-refractivity contribution in [3.05, 3.63) is 35.9 Å². The number of ketones is 1. The van der Waals surface area contributed by atoms with E-state index in [1.54, 1.807) is 0 Å². The van der Waals surface area contributed by atoms with Crippen molar-refractivity contribution < 1.29 is 4.79 Å². The van der Waals surface area contributed by atoms with Gasteiger partial charge in [-0.05, 0) is 18.1 Å². The molecule has 19 heavy (non-hydrogen) atoms. The van der Waals surface area contributed by atoms with Crippen molar-refractivity contribution in [3.8, 4) is 11.8 Å². The third kappa shape index (κ3) is 3.94. The minimum absolute atomic E-state index is 0.244. The molecule has 1 aliphatic heterocycles. The molecule has 0 radical (unpaired) electrons. The van der Waals surface area contributed by atoms with Gasteiger partial charge in [-0.2, -0.15) is 0 Å². The van der Waals surface area contributed by atoms with E-state index in [2.05, 4.69) is 30.6 Å². The highest BCUT2D eigenvalue weighted by atomic mass is 16.1. The second-order valence-corrected chi connectivity index (χ2v) is 5.40. The van der Waals surface area contributed by atoms with Crippen molar-refractivity contribution in [3.63, 3.8) is 0 Å². The highest BCUT2D eigenvalue weighted by molar-refractivity contribution is 5.79. The molecule has 0 N–H and O–H groups in total. The van der Waals surface area contributed by atoms with E-state index in [0.717, 1.165) is 18.7 Å². The maximum absolute atomic E-state index is 11.3. The average molecular weight is 255 g/mol. The van der Waals surface area contributed by atoms with Gasteiger partial charge in [-0.25, -0.2) is 0 Å². The molecule has 0 bridgehead atoms. The molecule has 1 saturated heterocycles. The van der Waals surface area contributed by atoms with Crippen LogP contribution in [0.4, 0.5) is 0 Å². The van der Waals surface area contributed by atoms with Crippen molar-refractivity contribution in [1.82, 2.24) is 4.90 Å².